The second-order valence-corrected chi connectivity index (χ2v) is 8.47. The molecule has 1 amide bonds. The van der Waals surface area contributed by atoms with E-state index in [4.69, 9.17) is 9.72 Å². The van der Waals surface area contributed by atoms with E-state index in [0.29, 0.717) is 26.1 Å². The molecule has 0 N–H and O–H groups in total. The van der Waals surface area contributed by atoms with Gasteiger partial charge in [0.25, 0.3) is 0 Å². The molecule has 1 unspecified atom stereocenters. The van der Waals surface area contributed by atoms with Gasteiger partial charge in [-0.15, -0.1) is 0 Å². The molecule has 0 bridgehead atoms. The van der Waals surface area contributed by atoms with Crippen LogP contribution in [0.5, 0.6) is 5.75 Å². The molecule has 32 heavy (non-hydrogen) atoms. The number of amides is 1. The number of aromatic nitrogens is 2. The predicted octanol–water partition coefficient (Wildman–Crippen LogP) is 5.25. The number of imidazole rings is 1. The molecule has 5 nitrogen and oxygen atoms in total. The van der Waals surface area contributed by atoms with Crippen molar-refractivity contribution in [2.75, 3.05) is 18.1 Å². The highest BCUT2D eigenvalue weighted by Gasteiger charge is 2.34. The summed E-state index contributed by atoms with van der Waals surface area (Å²) >= 11 is 0. The Morgan fingerprint density at radius 2 is 1.78 bits per heavy atom. The SMILES string of the molecule is Cc1ccc(C)c(OCCn2c(C3CC(=O)N(c4ccccc4)C3)nc3ccccc32)c1. The van der Waals surface area contributed by atoms with Crippen LogP contribution in [0, 0.1) is 13.8 Å². The summed E-state index contributed by atoms with van der Waals surface area (Å²) in [4.78, 5) is 19.6. The first kappa shape index (κ1) is 20.3. The van der Waals surface area contributed by atoms with Crippen LogP contribution in [0.4, 0.5) is 5.69 Å². The van der Waals surface area contributed by atoms with Crippen LogP contribution >= 0.6 is 0 Å². The van der Waals surface area contributed by atoms with Crippen molar-refractivity contribution in [3.63, 3.8) is 0 Å². The molecule has 0 saturated carbocycles. The summed E-state index contributed by atoms with van der Waals surface area (Å²) in [7, 11) is 0. The van der Waals surface area contributed by atoms with Gasteiger partial charge in [0.2, 0.25) is 5.91 Å². The number of carbonyl (C=O) groups excluding carboxylic acids is 1. The molecule has 1 aromatic heterocycles. The Balaban J connectivity index is 1.41. The zero-order valence-electron chi connectivity index (χ0n) is 18.5. The molecule has 162 valence electrons. The molecule has 1 fully saturated rings. The molecule has 1 aliphatic rings. The first-order chi connectivity index (χ1) is 15.6. The van der Waals surface area contributed by atoms with Gasteiger partial charge >= 0.3 is 0 Å². The van der Waals surface area contributed by atoms with Crippen molar-refractivity contribution in [2.24, 2.45) is 0 Å². The number of aryl methyl sites for hydroxylation is 2. The lowest BCUT2D eigenvalue weighted by Crippen LogP contribution is -2.24. The van der Waals surface area contributed by atoms with Gasteiger partial charge in [-0.25, -0.2) is 4.98 Å². The van der Waals surface area contributed by atoms with Gasteiger partial charge in [-0.2, -0.15) is 0 Å². The van der Waals surface area contributed by atoms with E-state index in [0.717, 1.165) is 33.9 Å². The minimum absolute atomic E-state index is 0.0517. The average Bonchev–Trinajstić information content (AvgIpc) is 3.37. The molecule has 0 radical (unpaired) electrons. The fourth-order valence-electron chi connectivity index (χ4n) is 4.49. The highest BCUT2D eigenvalue weighted by molar-refractivity contribution is 5.96. The third kappa shape index (κ3) is 3.86. The Morgan fingerprint density at radius 3 is 2.62 bits per heavy atom. The highest BCUT2D eigenvalue weighted by Crippen LogP contribution is 2.33. The third-order valence-electron chi connectivity index (χ3n) is 6.16. The Labute approximate surface area is 188 Å². The number of nitrogens with zero attached hydrogens (tertiary/aromatic N) is 3. The van der Waals surface area contributed by atoms with E-state index in [2.05, 4.69) is 42.7 Å². The van der Waals surface area contributed by atoms with E-state index in [1.807, 2.05) is 53.4 Å². The molecule has 0 aliphatic carbocycles. The molecule has 0 spiro atoms. The van der Waals surface area contributed by atoms with E-state index >= 15 is 0 Å². The molecule has 1 saturated heterocycles. The maximum atomic E-state index is 12.8. The van der Waals surface area contributed by atoms with Gasteiger partial charge in [0.15, 0.2) is 0 Å². The minimum Gasteiger partial charge on any atom is -0.491 e. The number of fused-ring (bicyclic) bond motifs is 1. The van der Waals surface area contributed by atoms with Gasteiger partial charge in [0, 0.05) is 24.6 Å². The number of ether oxygens (including phenoxy) is 1. The van der Waals surface area contributed by atoms with E-state index in [-0.39, 0.29) is 11.8 Å². The maximum Gasteiger partial charge on any atom is 0.227 e. The monoisotopic (exact) mass is 425 g/mol. The van der Waals surface area contributed by atoms with Crippen molar-refractivity contribution < 1.29 is 9.53 Å². The van der Waals surface area contributed by atoms with Crippen LogP contribution in [0.2, 0.25) is 0 Å². The van der Waals surface area contributed by atoms with Crippen LogP contribution in [-0.2, 0) is 11.3 Å². The first-order valence-electron chi connectivity index (χ1n) is 11.1. The van der Waals surface area contributed by atoms with Crippen molar-refractivity contribution in [1.82, 2.24) is 9.55 Å². The topological polar surface area (TPSA) is 47.4 Å². The summed E-state index contributed by atoms with van der Waals surface area (Å²) < 4.78 is 8.37. The van der Waals surface area contributed by atoms with Crippen molar-refractivity contribution in [3.05, 3.63) is 89.7 Å². The number of rotatable bonds is 6. The van der Waals surface area contributed by atoms with Gasteiger partial charge in [0.05, 0.1) is 17.6 Å². The lowest BCUT2D eigenvalue weighted by Gasteiger charge is -2.17. The molecule has 1 atom stereocenters. The molecular weight excluding hydrogens is 398 g/mol. The van der Waals surface area contributed by atoms with Crippen molar-refractivity contribution in [1.29, 1.82) is 0 Å². The Bertz CT molecular complexity index is 1260. The summed E-state index contributed by atoms with van der Waals surface area (Å²) in [6, 6.07) is 24.3. The number of hydrogen-bond donors (Lipinski definition) is 0. The Hall–Kier alpha value is -3.60. The molecular formula is C27H27N3O2. The van der Waals surface area contributed by atoms with Gasteiger partial charge in [0.1, 0.15) is 18.2 Å². The van der Waals surface area contributed by atoms with Crippen molar-refractivity contribution in [2.45, 2.75) is 32.7 Å². The smallest absolute Gasteiger partial charge is 0.227 e. The van der Waals surface area contributed by atoms with Gasteiger partial charge in [-0.1, -0.05) is 42.5 Å². The Kier molecular flexibility index (Phi) is 5.39. The van der Waals surface area contributed by atoms with Gasteiger partial charge in [-0.05, 0) is 55.3 Å². The first-order valence-corrected chi connectivity index (χ1v) is 11.1. The summed E-state index contributed by atoms with van der Waals surface area (Å²) in [5, 5.41) is 0. The molecule has 4 aromatic rings. The minimum atomic E-state index is 0.0517. The number of carbonyl (C=O) groups is 1. The Morgan fingerprint density at radius 1 is 1.00 bits per heavy atom. The summed E-state index contributed by atoms with van der Waals surface area (Å²) in [5.74, 6) is 2.08. The zero-order chi connectivity index (χ0) is 22.1. The third-order valence-corrected chi connectivity index (χ3v) is 6.16. The van der Waals surface area contributed by atoms with Crippen LogP contribution < -0.4 is 9.64 Å². The van der Waals surface area contributed by atoms with Crippen LogP contribution in [0.15, 0.2) is 72.8 Å². The van der Waals surface area contributed by atoms with E-state index in [1.54, 1.807) is 0 Å². The molecule has 5 rings (SSSR count). The van der Waals surface area contributed by atoms with Crippen molar-refractivity contribution in [3.8, 4) is 5.75 Å². The van der Waals surface area contributed by atoms with E-state index in [1.165, 1.54) is 5.56 Å². The number of para-hydroxylation sites is 3. The van der Waals surface area contributed by atoms with Gasteiger partial charge < -0.3 is 14.2 Å². The summed E-state index contributed by atoms with van der Waals surface area (Å²) in [6.07, 6.45) is 0.468. The summed E-state index contributed by atoms with van der Waals surface area (Å²) in [5.41, 5.74) is 5.30. The quantitative estimate of drug-likeness (QED) is 0.424. The van der Waals surface area contributed by atoms with Crippen LogP contribution in [0.1, 0.15) is 29.3 Å². The molecule has 3 aromatic carbocycles. The lowest BCUT2D eigenvalue weighted by atomic mass is 10.1. The zero-order valence-corrected chi connectivity index (χ0v) is 18.5. The number of anilines is 1. The van der Waals surface area contributed by atoms with E-state index < -0.39 is 0 Å². The van der Waals surface area contributed by atoms with Crippen LogP contribution in [0.3, 0.4) is 0 Å². The van der Waals surface area contributed by atoms with E-state index in [9.17, 15) is 4.79 Å². The molecule has 2 heterocycles. The highest BCUT2D eigenvalue weighted by atomic mass is 16.5. The second-order valence-electron chi connectivity index (χ2n) is 8.47. The predicted molar refractivity (Wildman–Crippen MR) is 127 cm³/mol. The summed E-state index contributed by atoms with van der Waals surface area (Å²) in [6.45, 7) is 6.00. The lowest BCUT2D eigenvalue weighted by molar-refractivity contribution is -0.117. The van der Waals surface area contributed by atoms with Gasteiger partial charge in [-0.3, -0.25) is 4.79 Å². The maximum absolute atomic E-state index is 12.8. The van der Waals surface area contributed by atoms with Crippen LogP contribution in [0.25, 0.3) is 11.0 Å². The fourth-order valence-corrected chi connectivity index (χ4v) is 4.49. The number of hydrogen-bond acceptors (Lipinski definition) is 3. The van der Waals surface area contributed by atoms with Crippen molar-refractivity contribution >= 4 is 22.6 Å². The largest absolute Gasteiger partial charge is 0.491 e. The normalized spacial score (nSPS) is 16.1. The number of benzene rings is 3. The second kappa shape index (κ2) is 8.50. The fraction of sp³-hybridized carbons (Fsp3) is 0.259. The molecule has 1 aliphatic heterocycles. The standard InChI is InChI=1S/C27H27N3O2/c1-19-12-13-20(2)25(16-19)32-15-14-29-24-11-7-6-10-23(24)28-27(29)21-17-26(31)30(18-21)22-8-4-3-5-9-22/h3-13,16,21H,14-15,17-18H2,1-2H3. The van der Waals surface area contributed by atoms with Crippen LogP contribution in [-0.4, -0.2) is 28.6 Å². The average molecular weight is 426 g/mol. The molecule has 5 heteroatoms.